The van der Waals surface area contributed by atoms with Crippen molar-refractivity contribution < 1.29 is 9.90 Å². The van der Waals surface area contributed by atoms with Crippen molar-refractivity contribution in [2.24, 2.45) is 0 Å². The number of benzene rings is 1. The number of hydrogen-bond acceptors (Lipinski definition) is 2. The van der Waals surface area contributed by atoms with Crippen molar-refractivity contribution in [3.8, 4) is 5.75 Å². The summed E-state index contributed by atoms with van der Waals surface area (Å²) >= 11 is 11.7. The van der Waals surface area contributed by atoms with Gasteiger partial charge in [-0.3, -0.25) is 4.79 Å². The normalized spacial score (nSPS) is 10.8. The summed E-state index contributed by atoms with van der Waals surface area (Å²) in [7, 11) is 0. The van der Waals surface area contributed by atoms with E-state index in [0.29, 0.717) is 17.4 Å². The molecule has 0 fully saturated rings. The summed E-state index contributed by atoms with van der Waals surface area (Å²) in [5.74, 6) is 0.0816. The third-order valence-corrected chi connectivity index (χ3v) is 3.56. The molecule has 0 aliphatic heterocycles. The van der Waals surface area contributed by atoms with Crippen molar-refractivity contribution in [3.05, 3.63) is 28.8 Å². The third-order valence-electron chi connectivity index (χ3n) is 3.16. The zero-order valence-corrected chi connectivity index (χ0v) is 12.7. The van der Waals surface area contributed by atoms with E-state index in [1.807, 2.05) is 13.8 Å². The number of amides is 1. The number of phenols is 1. The van der Waals surface area contributed by atoms with Crippen LogP contribution in [0.2, 0.25) is 5.02 Å². The average molecular weight is 304 g/mol. The van der Waals surface area contributed by atoms with Crippen LogP contribution in [0.1, 0.15) is 37.0 Å². The van der Waals surface area contributed by atoms with Crippen molar-refractivity contribution in [1.82, 2.24) is 4.90 Å². The number of hydrogen-bond donors (Lipinski definition) is 1. The third kappa shape index (κ3) is 4.02. The van der Waals surface area contributed by atoms with Gasteiger partial charge >= 0.3 is 0 Å². The fraction of sp³-hybridized carbons (Fsp3) is 0.500. The molecule has 1 N–H and O–H groups in total. The number of carbonyl (C=O) groups is 1. The molecule has 1 amide bonds. The molecular formula is C14H19Cl2NO2. The molecule has 0 radical (unpaired) electrons. The van der Waals surface area contributed by atoms with Gasteiger partial charge in [0.1, 0.15) is 5.75 Å². The van der Waals surface area contributed by atoms with E-state index < -0.39 is 0 Å². The van der Waals surface area contributed by atoms with Crippen molar-refractivity contribution in [2.45, 2.75) is 32.7 Å². The molecule has 0 saturated carbocycles. The van der Waals surface area contributed by atoms with Crippen molar-refractivity contribution >= 4 is 29.1 Å². The lowest BCUT2D eigenvalue weighted by Crippen LogP contribution is -2.41. The Kier molecular flexibility index (Phi) is 6.46. The minimum atomic E-state index is -0.227. The minimum absolute atomic E-state index is 0.0556. The van der Waals surface area contributed by atoms with Gasteiger partial charge in [-0.25, -0.2) is 0 Å². The molecule has 1 rings (SSSR count). The molecule has 0 heterocycles. The maximum Gasteiger partial charge on any atom is 0.257 e. The molecule has 1 aromatic carbocycles. The molecule has 0 aliphatic rings. The van der Waals surface area contributed by atoms with Gasteiger partial charge in [-0.2, -0.15) is 0 Å². The Balaban J connectivity index is 3.08. The maximum absolute atomic E-state index is 12.5. The molecule has 0 aliphatic carbocycles. The smallest absolute Gasteiger partial charge is 0.257 e. The predicted octanol–water partition coefficient (Wildman–Crippen LogP) is 3.92. The van der Waals surface area contributed by atoms with Crippen LogP contribution in [0, 0.1) is 0 Å². The highest BCUT2D eigenvalue weighted by Gasteiger charge is 2.24. The van der Waals surface area contributed by atoms with Crippen LogP contribution in [0.25, 0.3) is 0 Å². The molecule has 3 nitrogen and oxygen atoms in total. The lowest BCUT2D eigenvalue weighted by Gasteiger charge is -2.30. The van der Waals surface area contributed by atoms with Crippen LogP contribution < -0.4 is 0 Å². The Hall–Kier alpha value is -0.930. The number of halogens is 2. The fourth-order valence-corrected chi connectivity index (χ4v) is 2.46. The van der Waals surface area contributed by atoms with Crippen LogP contribution in [-0.2, 0) is 0 Å². The van der Waals surface area contributed by atoms with Crippen molar-refractivity contribution in [1.29, 1.82) is 0 Å². The number of aromatic hydroxyl groups is 1. The topological polar surface area (TPSA) is 40.5 Å². The Bertz CT molecular complexity index is 433. The van der Waals surface area contributed by atoms with Gasteiger partial charge in [0, 0.05) is 23.5 Å². The second kappa shape index (κ2) is 7.61. The van der Waals surface area contributed by atoms with Gasteiger partial charge in [-0.15, -0.1) is 11.6 Å². The monoisotopic (exact) mass is 303 g/mol. The number of carbonyl (C=O) groups excluding carboxylic acids is 1. The molecule has 0 unspecified atom stereocenters. The summed E-state index contributed by atoms with van der Waals surface area (Å²) in [5, 5.41) is 10.2. The molecule has 0 aromatic heterocycles. The molecule has 0 atom stereocenters. The van der Waals surface area contributed by atoms with Gasteiger partial charge in [-0.1, -0.05) is 25.4 Å². The lowest BCUT2D eigenvalue weighted by atomic mass is 10.1. The quantitative estimate of drug-likeness (QED) is 0.809. The first kappa shape index (κ1) is 16.1. The molecule has 1 aromatic rings. The van der Waals surface area contributed by atoms with E-state index in [2.05, 4.69) is 0 Å². The average Bonchev–Trinajstić information content (AvgIpc) is 2.41. The molecule has 0 saturated heterocycles. The highest BCUT2D eigenvalue weighted by atomic mass is 35.5. The Morgan fingerprint density at radius 3 is 2.53 bits per heavy atom. The van der Waals surface area contributed by atoms with Gasteiger partial charge < -0.3 is 10.0 Å². The van der Waals surface area contributed by atoms with E-state index in [9.17, 15) is 9.90 Å². The molecular weight excluding hydrogens is 285 g/mol. The van der Waals surface area contributed by atoms with E-state index in [0.717, 1.165) is 12.8 Å². The summed E-state index contributed by atoms with van der Waals surface area (Å²) in [6.45, 7) is 4.51. The van der Waals surface area contributed by atoms with Gasteiger partial charge in [0.2, 0.25) is 0 Å². The zero-order valence-electron chi connectivity index (χ0n) is 11.2. The molecule has 0 bridgehead atoms. The summed E-state index contributed by atoms with van der Waals surface area (Å²) in [5.41, 5.74) is 0.226. The summed E-state index contributed by atoms with van der Waals surface area (Å²) < 4.78 is 0. The van der Waals surface area contributed by atoms with Gasteiger partial charge in [0.15, 0.2) is 0 Å². The first-order chi connectivity index (χ1) is 9.04. The van der Waals surface area contributed by atoms with Crippen molar-refractivity contribution in [2.75, 3.05) is 12.4 Å². The highest BCUT2D eigenvalue weighted by Crippen LogP contribution is 2.24. The van der Waals surface area contributed by atoms with Crippen LogP contribution in [0.5, 0.6) is 5.75 Å². The largest absolute Gasteiger partial charge is 0.507 e. The fourth-order valence-electron chi connectivity index (χ4n) is 2.10. The SMILES string of the molecule is CCC(CC)N(CCCl)C(=O)c1cc(Cl)ccc1O. The van der Waals surface area contributed by atoms with Gasteiger partial charge in [0.05, 0.1) is 5.56 Å². The van der Waals surface area contributed by atoms with Crippen molar-refractivity contribution in [3.63, 3.8) is 0 Å². The number of phenolic OH excluding ortho intramolecular Hbond substituents is 1. The van der Waals surface area contributed by atoms with E-state index >= 15 is 0 Å². The van der Waals surface area contributed by atoms with Crippen LogP contribution in [0.3, 0.4) is 0 Å². The van der Waals surface area contributed by atoms with Crippen LogP contribution >= 0.6 is 23.2 Å². The van der Waals surface area contributed by atoms with E-state index in [4.69, 9.17) is 23.2 Å². The van der Waals surface area contributed by atoms with Gasteiger partial charge in [0.25, 0.3) is 5.91 Å². The second-order valence-corrected chi connectivity index (χ2v) is 5.13. The first-order valence-electron chi connectivity index (χ1n) is 6.40. The van der Waals surface area contributed by atoms with E-state index in [1.54, 1.807) is 11.0 Å². The van der Waals surface area contributed by atoms with Crippen LogP contribution in [0.15, 0.2) is 18.2 Å². The molecule has 19 heavy (non-hydrogen) atoms. The number of nitrogens with zero attached hydrogens (tertiary/aromatic N) is 1. The Morgan fingerprint density at radius 2 is 2.00 bits per heavy atom. The van der Waals surface area contributed by atoms with E-state index in [-0.39, 0.29) is 23.3 Å². The summed E-state index contributed by atoms with van der Waals surface area (Å²) in [4.78, 5) is 14.2. The standard InChI is InChI=1S/C14H19Cl2NO2/c1-3-11(4-2)17(8-7-15)14(19)12-9-10(16)5-6-13(12)18/h5-6,9,11,18H,3-4,7-8H2,1-2H3. The Labute approximate surface area is 124 Å². The number of alkyl halides is 1. The molecule has 0 spiro atoms. The molecule has 106 valence electrons. The first-order valence-corrected chi connectivity index (χ1v) is 7.31. The zero-order chi connectivity index (χ0) is 14.4. The summed E-state index contributed by atoms with van der Waals surface area (Å²) in [6.07, 6.45) is 1.70. The minimum Gasteiger partial charge on any atom is -0.507 e. The molecule has 5 heteroatoms. The van der Waals surface area contributed by atoms with Gasteiger partial charge in [-0.05, 0) is 31.0 Å². The van der Waals surface area contributed by atoms with Crippen LogP contribution in [-0.4, -0.2) is 34.4 Å². The number of rotatable bonds is 6. The summed E-state index contributed by atoms with van der Waals surface area (Å²) in [6, 6.07) is 4.59. The predicted molar refractivity (Wildman–Crippen MR) is 79.2 cm³/mol. The van der Waals surface area contributed by atoms with E-state index in [1.165, 1.54) is 12.1 Å². The second-order valence-electron chi connectivity index (χ2n) is 4.32. The van der Waals surface area contributed by atoms with Crippen LogP contribution in [0.4, 0.5) is 0 Å². The maximum atomic E-state index is 12.5. The highest BCUT2D eigenvalue weighted by molar-refractivity contribution is 6.31. The Morgan fingerprint density at radius 1 is 1.37 bits per heavy atom. The lowest BCUT2D eigenvalue weighted by molar-refractivity contribution is 0.0678.